The van der Waals surface area contributed by atoms with Gasteiger partial charge in [-0.05, 0) is 54.1 Å². The zero-order valence-corrected chi connectivity index (χ0v) is 18.9. The van der Waals surface area contributed by atoms with Gasteiger partial charge in [0.25, 0.3) is 20.2 Å². The molecule has 4 atom stereocenters. The molecule has 168 valence electrons. The Balaban J connectivity index is 1.23. The molecule has 0 N–H and O–H groups in total. The predicted octanol–water partition coefficient (Wildman–Crippen LogP) is 3.74. The number of hydrogen-bond acceptors (Lipinski definition) is 6. The average Bonchev–Trinajstić information content (AvgIpc) is 3.32. The van der Waals surface area contributed by atoms with E-state index in [0.29, 0.717) is 23.0 Å². The van der Waals surface area contributed by atoms with E-state index in [1.807, 2.05) is 36.4 Å². The quantitative estimate of drug-likeness (QED) is 0.498. The smallest absolute Gasteiger partial charge is 0.270 e. The van der Waals surface area contributed by atoms with Gasteiger partial charge in [0.1, 0.15) is 11.5 Å². The SMILES string of the molecule is O=S(=O)(Cc1ccccc1)OC[C@H]1CC2CC1C[C@@H]2COS(=O)(=O)Cc1ccccc1. The molecule has 2 aliphatic carbocycles. The fourth-order valence-corrected chi connectivity index (χ4v) is 7.08. The highest BCUT2D eigenvalue weighted by Crippen LogP contribution is 2.52. The molecule has 31 heavy (non-hydrogen) atoms. The van der Waals surface area contributed by atoms with E-state index in [0.717, 1.165) is 19.3 Å². The lowest BCUT2D eigenvalue weighted by atomic mass is 9.83. The molecule has 8 heteroatoms. The summed E-state index contributed by atoms with van der Waals surface area (Å²) >= 11 is 0. The van der Waals surface area contributed by atoms with E-state index < -0.39 is 20.2 Å². The van der Waals surface area contributed by atoms with Gasteiger partial charge in [-0.25, -0.2) is 0 Å². The molecule has 2 bridgehead atoms. The van der Waals surface area contributed by atoms with Crippen LogP contribution in [0, 0.1) is 23.7 Å². The molecule has 0 heterocycles. The van der Waals surface area contributed by atoms with Gasteiger partial charge in [0.15, 0.2) is 0 Å². The lowest BCUT2D eigenvalue weighted by molar-refractivity contribution is 0.143. The molecule has 0 aliphatic heterocycles. The van der Waals surface area contributed by atoms with E-state index in [4.69, 9.17) is 8.37 Å². The minimum atomic E-state index is -3.62. The summed E-state index contributed by atoms with van der Waals surface area (Å²) in [6.07, 6.45) is 2.70. The van der Waals surface area contributed by atoms with Gasteiger partial charge >= 0.3 is 0 Å². The standard InChI is InChI=1S/C23H28O6S2/c24-30(25,16-18-7-3-1-4-8-18)28-14-22-12-21-11-20(22)13-23(21)15-29-31(26,27)17-19-9-5-2-6-10-19/h1-10,20-23H,11-17H2/t20?,21?,22-,23-/m1/s1. The lowest BCUT2D eigenvalue weighted by Crippen LogP contribution is -2.26. The van der Waals surface area contributed by atoms with Crippen molar-refractivity contribution >= 4 is 20.2 Å². The van der Waals surface area contributed by atoms with Crippen LogP contribution < -0.4 is 0 Å². The van der Waals surface area contributed by atoms with Crippen LogP contribution in [0.5, 0.6) is 0 Å². The van der Waals surface area contributed by atoms with Crippen molar-refractivity contribution in [2.24, 2.45) is 23.7 Å². The third-order valence-corrected chi connectivity index (χ3v) is 8.81. The number of hydrogen-bond donors (Lipinski definition) is 0. The van der Waals surface area contributed by atoms with E-state index in [1.165, 1.54) is 0 Å². The molecule has 0 radical (unpaired) electrons. The highest BCUT2D eigenvalue weighted by molar-refractivity contribution is 7.86. The van der Waals surface area contributed by atoms with E-state index in [2.05, 4.69) is 0 Å². The van der Waals surface area contributed by atoms with E-state index in [1.54, 1.807) is 24.3 Å². The predicted molar refractivity (Wildman–Crippen MR) is 118 cm³/mol. The van der Waals surface area contributed by atoms with Crippen molar-refractivity contribution in [2.45, 2.75) is 30.8 Å². The third-order valence-electron chi connectivity index (χ3n) is 6.45. The normalized spacial score (nSPS) is 25.7. The van der Waals surface area contributed by atoms with Gasteiger partial charge in [-0.15, -0.1) is 0 Å². The Labute approximate surface area is 184 Å². The minimum Gasteiger partial charge on any atom is -0.270 e. The van der Waals surface area contributed by atoms with Crippen molar-refractivity contribution < 1.29 is 25.2 Å². The van der Waals surface area contributed by atoms with Crippen molar-refractivity contribution in [3.63, 3.8) is 0 Å². The summed E-state index contributed by atoms with van der Waals surface area (Å²) < 4.78 is 59.8. The molecule has 2 aromatic rings. The maximum Gasteiger partial charge on any atom is 0.271 e. The lowest BCUT2D eigenvalue weighted by Gasteiger charge is -2.27. The van der Waals surface area contributed by atoms with Crippen molar-refractivity contribution in [1.82, 2.24) is 0 Å². The Hall–Kier alpha value is -1.74. The third kappa shape index (κ3) is 6.16. The molecule has 0 aromatic heterocycles. The Bertz CT molecular complexity index is 980. The first-order chi connectivity index (χ1) is 14.8. The van der Waals surface area contributed by atoms with E-state index >= 15 is 0 Å². The fourth-order valence-electron chi connectivity index (χ4n) is 4.94. The summed E-state index contributed by atoms with van der Waals surface area (Å²) in [5.74, 6) is 0.888. The largest absolute Gasteiger partial charge is 0.271 e. The van der Waals surface area contributed by atoms with Crippen LogP contribution in [0.3, 0.4) is 0 Å². The van der Waals surface area contributed by atoms with Gasteiger partial charge in [0.05, 0.1) is 13.2 Å². The van der Waals surface area contributed by atoms with Crippen LogP contribution in [-0.4, -0.2) is 30.0 Å². The minimum absolute atomic E-state index is 0.121. The highest BCUT2D eigenvalue weighted by atomic mass is 32.2. The molecule has 0 saturated heterocycles. The monoisotopic (exact) mass is 464 g/mol. The van der Waals surface area contributed by atoms with Crippen LogP contribution in [0.2, 0.25) is 0 Å². The first kappa shape index (κ1) is 22.5. The van der Waals surface area contributed by atoms with Crippen molar-refractivity contribution in [1.29, 1.82) is 0 Å². The molecule has 2 unspecified atom stereocenters. The topological polar surface area (TPSA) is 86.7 Å². The molecule has 2 saturated carbocycles. The van der Waals surface area contributed by atoms with Gasteiger partial charge in [-0.2, -0.15) is 16.8 Å². The fraction of sp³-hybridized carbons (Fsp3) is 0.478. The van der Waals surface area contributed by atoms with E-state index in [9.17, 15) is 16.8 Å². The van der Waals surface area contributed by atoms with Crippen LogP contribution in [0.15, 0.2) is 60.7 Å². The molecule has 2 aromatic carbocycles. The van der Waals surface area contributed by atoms with Gasteiger partial charge in [-0.3, -0.25) is 8.37 Å². The Morgan fingerprint density at radius 1 is 0.613 bits per heavy atom. The summed E-state index contributed by atoms with van der Waals surface area (Å²) in [5, 5.41) is 0. The number of benzene rings is 2. The average molecular weight is 465 g/mol. The summed E-state index contributed by atoms with van der Waals surface area (Å²) in [7, 11) is -7.23. The van der Waals surface area contributed by atoms with Crippen molar-refractivity contribution in [2.75, 3.05) is 13.2 Å². The zero-order valence-electron chi connectivity index (χ0n) is 17.3. The maximum atomic E-state index is 12.3. The molecule has 2 aliphatic rings. The maximum absolute atomic E-state index is 12.3. The Morgan fingerprint density at radius 2 is 1.00 bits per heavy atom. The molecule has 0 spiro atoms. The summed E-state index contributed by atoms with van der Waals surface area (Å²) in [5.41, 5.74) is 1.42. The van der Waals surface area contributed by atoms with Crippen LogP contribution in [0.4, 0.5) is 0 Å². The van der Waals surface area contributed by atoms with Gasteiger partial charge in [0, 0.05) is 0 Å². The summed E-state index contributed by atoms with van der Waals surface area (Å²) in [6.45, 7) is 0.409. The number of fused-ring (bicyclic) bond motifs is 2. The van der Waals surface area contributed by atoms with Crippen LogP contribution in [-0.2, 0) is 40.1 Å². The number of rotatable bonds is 10. The van der Waals surface area contributed by atoms with E-state index in [-0.39, 0.29) is 36.6 Å². The second-order valence-electron chi connectivity index (χ2n) is 8.69. The van der Waals surface area contributed by atoms with Crippen molar-refractivity contribution in [3.05, 3.63) is 71.8 Å². The Kier molecular flexibility index (Phi) is 6.81. The van der Waals surface area contributed by atoms with Gasteiger partial charge in [-0.1, -0.05) is 60.7 Å². The highest BCUT2D eigenvalue weighted by Gasteiger charge is 2.46. The molecule has 0 amide bonds. The first-order valence-corrected chi connectivity index (χ1v) is 13.8. The second-order valence-corrected chi connectivity index (χ2v) is 12.0. The Morgan fingerprint density at radius 3 is 1.35 bits per heavy atom. The zero-order chi connectivity index (χ0) is 21.9. The molecular weight excluding hydrogens is 436 g/mol. The van der Waals surface area contributed by atoms with Crippen molar-refractivity contribution in [3.8, 4) is 0 Å². The van der Waals surface area contributed by atoms with Crippen LogP contribution in [0.1, 0.15) is 30.4 Å². The molecule has 6 nitrogen and oxygen atoms in total. The molecular formula is C23H28O6S2. The van der Waals surface area contributed by atoms with Crippen LogP contribution in [0.25, 0.3) is 0 Å². The second kappa shape index (κ2) is 9.40. The van der Waals surface area contributed by atoms with Gasteiger partial charge in [0.2, 0.25) is 0 Å². The molecule has 4 rings (SSSR count). The van der Waals surface area contributed by atoms with Gasteiger partial charge < -0.3 is 0 Å². The van der Waals surface area contributed by atoms with Crippen LogP contribution >= 0.6 is 0 Å². The molecule has 2 fully saturated rings. The summed E-state index contributed by atoms with van der Waals surface area (Å²) in [6, 6.07) is 18.0. The summed E-state index contributed by atoms with van der Waals surface area (Å²) in [4.78, 5) is 0. The first-order valence-electron chi connectivity index (χ1n) is 10.6.